The number of amides is 1. The molecule has 0 saturated carbocycles. The monoisotopic (exact) mass is 448 g/mol. The number of nitrogens with zero attached hydrogens (tertiary/aromatic N) is 2. The number of anilines is 2. The second-order valence-electron chi connectivity index (χ2n) is 7.37. The number of para-hydroxylation sites is 2. The van der Waals surface area contributed by atoms with Crippen LogP contribution in [0.25, 0.3) is 11.0 Å². The summed E-state index contributed by atoms with van der Waals surface area (Å²) in [6.07, 6.45) is 0. The molecule has 2 heterocycles. The molecule has 31 heavy (non-hydrogen) atoms. The maximum absolute atomic E-state index is 13.5. The molecule has 1 aliphatic rings. The molecule has 3 aromatic carbocycles. The highest BCUT2D eigenvalue weighted by Gasteiger charge is 2.34. The molecule has 4 aromatic rings. The van der Waals surface area contributed by atoms with Crippen LogP contribution in [0.3, 0.4) is 0 Å². The normalized spacial score (nSPS) is 15.5. The number of benzene rings is 3. The first-order valence-electron chi connectivity index (χ1n) is 9.78. The zero-order valence-electron chi connectivity index (χ0n) is 16.6. The first kappa shape index (κ1) is 19.7. The van der Waals surface area contributed by atoms with Crippen molar-refractivity contribution in [2.24, 2.45) is 0 Å². The lowest BCUT2D eigenvalue weighted by Crippen LogP contribution is -2.30. The SMILES string of the molecule is CC1=C(C(=O)Nc2ccc(Cl)cc2)C(c2ccc(Cl)cc2)n2c(nc3ccccc32)N1. The van der Waals surface area contributed by atoms with E-state index in [-0.39, 0.29) is 11.9 Å². The molecule has 5 rings (SSSR count). The van der Waals surface area contributed by atoms with E-state index in [1.165, 1.54) is 0 Å². The number of carbonyl (C=O) groups is 1. The summed E-state index contributed by atoms with van der Waals surface area (Å²) in [4.78, 5) is 18.2. The van der Waals surface area contributed by atoms with E-state index >= 15 is 0 Å². The van der Waals surface area contributed by atoms with E-state index in [0.717, 1.165) is 22.3 Å². The van der Waals surface area contributed by atoms with Crippen LogP contribution in [0.4, 0.5) is 11.6 Å². The van der Waals surface area contributed by atoms with Crippen LogP contribution >= 0.6 is 23.2 Å². The molecule has 2 N–H and O–H groups in total. The molecular weight excluding hydrogens is 431 g/mol. The second kappa shape index (κ2) is 7.76. The first-order valence-corrected chi connectivity index (χ1v) is 10.5. The second-order valence-corrected chi connectivity index (χ2v) is 8.25. The van der Waals surface area contributed by atoms with Crippen LogP contribution < -0.4 is 10.6 Å². The quantitative estimate of drug-likeness (QED) is 0.388. The van der Waals surface area contributed by atoms with Crippen LogP contribution in [0.1, 0.15) is 18.5 Å². The maximum Gasteiger partial charge on any atom is 0.255 e. The third-order valence-electron chi connectivity index (χ3n) is 5.36. The van der Waals surface area contributed by atoms with E-state index in [0.29, 0.717) is 27.3 Å². The van der Waals surface area contributed by atoms with Gasteiger partial charge in [0.05, 0.1) is 22.6 Å². The highest BCUT2D eigenvalue weighted by atomic mass is 35.5. The Bertz CT molecular complexity index is 1320. The van der Waals surface area contributed by atoms with Crippen molar-refractivity contribution in [3.63, 3.8) is 0 Å². The van der Waals surface area contributed by atoms with Crippen LogP contribution in [0.5, 0.6) is 0 Å². The number of imidazole rings is 1. The molecule has 1 atom stereocenters. The number of nitrogens with one attached hydrogen (secondary N) is 2. The van der Waals surface area contributed by atoms with E-state index in [4.69, 9.17) is 28.2 Å². The first-order chi connectivity index (χ1) is 15.0. The number of hydrogen-bond donors (Lipinski definition) is 2. The molecule has 0 aliphatic carbocycles. The number of rotatable bonds is 3. The molecule has 0 saturated heterocycles. The zero-order chi connectivity index (χ0) is 21.5. The molecule has 1 amide bonds. The molecule has 1 unspecified atom stereocenters. The van der Waals surface area contributed by atoms with Gasteiger partial charge in [0.15, 0.2) is 0 Å². The van der Waals surface area contributed by atoms with Gasteiger partial charge in [-0.2, -0.15) is 0 Å². The summed E-state index contributed by atoms with van der Waals surface area (Å²) in [7, 11) is 0. The Hall–Kier alpha value is -3.28. The Morgan fingerprint density at radius 1 is 0.968 bits per heavy atom. The Morgan fingerprint density at radius 3 is 2.32 bits per heavy atom. The molecule has 5 nitrogen and oxygen atoms in total. The minimum atomic E-state index is -0.367. The minimum Gasteiger partial charge on any atom is -0.329 e. The van der Waals surface area contributed by atoms with Crippen molar-refractivity contribution in [3.05, 3.63) is 99.7 Å². The standard InChI is InChI=1S/C24H18Cl2N4O/c1-14-21(23(31)28-18-12-10-17(26)11-13-18)22(15-6-8-16(25)9-7-15)30-20-5-3-2-4-19(20)29-24(30)27-14/h2-13,22H,1H3,(H,27,29)(H,28,31). The predicted octanol–water partition coefficient (Wildman–Crippen LogP) is 6.27. The fraction of sp³-hybridized carbons (Fsp3) is 0.0833. The molecule has 1 aliphatic heterocycles. The molecule has 0 fully saturated rings. The van der Waals surface area contributed by atoms with Crippen molar-refractivity contribution in [3.8, 4) is 0 Å². The van der Waals surface area contributed by atoms with Crippen molar-refractivity contribution in [2.75, 3.05) is 10.6 Å². The summed E-state index contributed by atoms with van der Waals surface area (Å²) in [6, 6.07) is 22.1. The minimum absolute atomic E-state index is 0.198. The number of allylic oxidation sites excluding steroid dienone is 1. The van der Waals surface area contributed by atoms with Crippen LogP contribution in [-0.4, -0.2) is 15.5 Å². The van der Waals surface area contributed by atoms with Crippen LogP contribution in [0, 0.1) is 0 Å². The van der Waals surface area contributed by atoms with Crippen molar-refractivity contribution >= 4 is 51.8 Å². The summed E-state index contributed by atoms with van der Waals surface area (Å²) >= 11 is 12.1. The van der Waals surface area contributed by atoms with Gasteiger partial charge >= 0.3 is 0 Å². The molecular formula is C24H18Cl2N4O. The average molecular weight is 449 g/mol. The van der Waals surface area contributed by atoms with Gasteiger partial charge in [-0.25, -0.2) is 4.98 Å². The van der Waals surface area contributed by atoms with Crippen LogP contribution in [-0.2, 0) is 4.79 Å². The number of carbonyl (C=O) groups excluding carboxylic acids is 1. The lowest BCUT2D eigenvalue weighted by Gasteiger charge is -2.30. The fourth-order valence-corrected chi connectivity index (χ4v) is 4.20. The molecule has 7 heteroatoms. The van der Waals surface area contributed by atoms with Crippen molar-refractivity contribution < 1.29 is 4.79 Å². The Balaban J connectivity index is 1.65. The zero-order valence-corrected chi connectivity index (χ0v) is 18.1. The van der Waals surface area contributed by atoms with Crippen molar-refractivity contribution in [2.45, 2.75) is 13.0 Å². The van der Waals surface area contributed by atoms with Gasteiger partial charge in [0.25, 0.3) is 5.91 Å². The maximum atomic E-state index is 13.5. The van der Waals surface area contributed by atoms with Gasteiger partial charge in [-0.1, -0.05) is 47.5 Å². The topological polar surface area (TPSA) is 59.0 Å². The van der Waals surface area contributed by atoms with Crippen LogP contribution in [0.2, 0.25) is 10.0 Å². The van der Waals surface area contributed by atoms with Gasteiger partial charge in [0, 0.05) is 21.4 Å². The Labute approximate surface area is 189 Å². The van der Waals surface area contributed by atoms with Gasteiger partial charge in [0.1, 0.15) is 0 Å². The number of halogens is 2. The van der Waals surface area contributed by atoms with Gasteiger partial charge in [0.2, 0.25) is 5.95 Å². The van der Waals surface area contributed by atoms with Gasteiger partial charge in [-0.05, 0) is 61.0 Å². The van der Waals surface area contributed by atoms with Crippen LogP contribution in [0.15, 0.2) is 84.1 Å². The largest absolute Gasteiger partial charge is 0.329 e. The third-order valence-corrected chi connectivity index (χ3v) is 5.87. The highest BCUT2D eigenvalue weighted by molar-refractivity contribution is 6.30. The number of hydrogen-bond acceptors (Lipinski definition) is 3. The fourth-order valence-electron chi connectivity index (χ4n) is 3.95. The molecule has 154 valence electrons. The summed E-state index contributed by atoms with van der Waals surface area (Å²) in [5, 5.41) is 7.56. The number of fused-ring (bicyclic) bond motifs is 3. The predicted molar refractivity (Wildman–Crippen MR) is 126 cm³/mol. The molecule has 1 aromatic heterocycles. The lowest BCUT2D eigenvalue weighted by atomic mass is 9.94. The molecule has 0 radical (unpaired) electrons. The summed E-state index contributed by atoms with van der Waals surface area (Å²) in [6.45, 7) is 1.89. The highest BCUT2D eigenvalue weighted by Crippen LogP contribution is 2.39. The lowest BCUT2D eigenvalue weighted by molar-refractivity contribution is -0.113. The average Bonchev–Trinajstić information content (AvgIpc) is 3.13. The molecule has 0 spiro atoms. The van der Waals surface area contributed by atoms with Crippen molar-refractivity contribution in [1.82, 2.24) is 9.55 Å². The summed E-state index contributed by atoms with van der Waals surface area (Å²) in [5.41, 5.74) is 4.76. The van der Waals surface area contributed by atoms with Gasteiger partial charge < -0.3 is 10.6 Å². The Morgan fingerprint density at radius 2 is 1.61 bits per heavy atom. The van der Waals surface area contributed by atoms with E-state index in [1.807, 2.05) is 55.5 Å². The van der Waals surface area contributed by atoms with E-state index in [1.54, 1.807) is 24.3 Å². The van der Waals surface area contributed by atoms with Gasteiger partial charge in [-0.3, -0.25) is 9.36 Å². The smallest absolute Gasteiger partial charge is 0.255 e. The Kier molecular flexibility index (Phi) is 4.93. The van der Waals surface area contributed by atoms with E-state index < -0.39 is 0 Å². The number of aromatic nitrogens is 2. The van der Waals surface area contributed by atoms with Gasteiger partial charge in [-0.15, -0.1) is 0 Å². The molecule has 0 bridgehead atoms. The van der Waals surface area contributed by atoms with E-state index in [2.05, 4.69) is 15.2 Å². The van der Waals surface area contributed by atoms with Crippen molar-refractivity contribution in [1.29, 1.82) is 0 Å². The summed E-state index contributed by atoms with van der Waals surface area (Å²) in [5.74, 6) is 0.498. The van der Waals surface area contributed by atoms with E-state index in [9.17, 15) is 4.79 Å². The summed E-state index contributed by atoms with van der Waals surface area (Å²) < 4.78 is 2.06. The third kappa shape index (κ3) is 3.56.